The molecule has 150 valence electrons. The molecule has 2 unspecified atom stereocenters. The summed E-state index contributed by atoms with van der Waals surface area (Å²) in [4.78, 5) is 0. The fraction of sp³-hybridized carbons (Fsp3) is 0.267. The van der Waals surface area contributed by atoms with Crippen molar-refractivity contribution in [2.24, 2.45) is 5.92 Å². The first-order valence-electron chi connectivity index (χ1n) is 11.1. The summed E-state index contributed by atoms with van der Waals surface area (Å²) in [5.74, 6) is 0.925. The van der Waals surface area contributed by atoms with E-state index >= 15 is 0 Å². The number of hydrogen-bond acceptors (Lipinski definition) is 0. The van der Waals surface area contributed by atoms with Crippen molar-refractivity contribution in [2.75, 3.05) is 0 Å². The van der Waals surface area contributed by atoms with E-state index in [1.165, 1.54) is 50.1 Å². The predicted molar refractivity (Wildman–Crippen MR) is 129 cm³/mol. The molecule has 3 aromatic rings. The van der Waals surface area contributed by atoms with Crippen LogP contribution in [0.3, 0.4) is 0 Å². The highest BCUT2D eigenvalue weighted by molar-refractivity contribution is 5.84. The molecule has 2 atom stereocenters. The molecule has 0 spiro atoms. The third kappa shape index (κ3) is 2.89. The summed E-state index contributed by atoms with van der Waals surface area (Å²) >= 11 is 0. The summed E-state index contributed by atoms with van der Waals surface area (Å²) in [6.45, 7) is 11.5. The SMILES string of the molecule is Cc1ccc(C2C=CC(c3ccc4c(c3)C(C)(C)c3ccccc3-4)=CC2C)c(C)c1. The molecule has 0 aliphatic heterocycles. The Balaban J connectivity index is 1.50. The highest BCUT2D eigenvalue weighted by Crippen LogP contribution is 2.49. The van der Waals surface area contributed by atoms with Crippen molar-refractivity contribution in [1.82, 2.24) is 0 Å². The molecule has 0 heteroatoms. The zero-order valence-corrected chi connectivity index (χ0v) is 18.7. The maximum atomic E-state index is 2.46. The molecular formula is C30H30. The van der Waals surface area contributed by atoms with Crippen LogP contribution in [0.1, 0.15) is 60.1 Å². The van der Waals surface area contributed by atoms with Gasteiger partial charge < -0.3 is 0 Å². The van der Waals surface area contributed by atoms with Crippen LogP contribution in [-0.2, 0) is 5.41 Å². The van der Waals surface area contributed by atoms with E-state index < -0.39 is 0 Å². The molecular weight excluding hydrogens is 360 g/mol. The van der Waals surface area contributed by atoms with Crippen LogP contribution in [0.2, 0.25) is 0 Å². The monoisotopic (exact) mass is 390 g/mol. The molecule has 30 heavy (non-hydrogen) atoms. The van der Waals surface area contributed by atoms with E-state index in [1.807, 2.05) is 0 Å². The first-order chi connectivity index (χ1) is 14.4. The van der Waals surface area contributed by atoms with E-state index in [9.17, 15) is 0 Å². The Kier molecular flexibility index (Phi) is 4.36. The fourth-order valence-corrected chi connectivity index (χ4v) is 5.49. The lowest BCUT2D eigenvalue weighted by molar-refractivity contribution is 0.634. The van der Waals surface area contributed by atoms with Gasteiger partial charge in [-0.25, -0.2) is 0 Å². The number of fused-ring (bicyclic) bond motifs is 3. The summed E-state index contributed by atoms with van der Waals surface area (Å²) in [6, 6.07) is 22.8. The van der Waals surface area contributed by atoms with Crippen LogP contribution in [0.25, 0.3) is 16.7 Å². The van der Waals surface area contributed by atoms with E-state index in [0.717, 1.165) is 0 Å². The first-order valence-corrected chi connectivity index (χ1v) is 11.1. The highest BCUT2D eigenvalue weighted by atomic mass is 14.4. The van der Waals surface area contributed by atoms with Crippen LogP contribution in [-0.4, -0.2) is 0 Å². The van der Waals surface area contributed by atoms with Crippen LogP contribution in [0.15, 0.2) is 78.9 Å². The molecule has 0 aromatic heterocycles. The second kappa shape index (κ2) is 6.84. The van der Waals surface area contributed by atoms with Crippen molar-refractivity contribution in [3.63, 3.8) is 0 Å². The van der Waals surface area contributed by atoms with Crippen molar-refractivity contribution in [3.05, 3.63) is 112 Å². The largest absolute Gasteiger partial charge is 0.0758 e. The number of rotatable bonds is 2. The fourth-order valence-electron chi connectivity index (χ4n) is 5.49. The Morgan fingerprint density at radius 1 is 0.800 bits per heavy atom. The smallest absolute Gasteiger partial charge is 0.0159 e. The zero-order chi connectivity index (χ0) is 21.0. The lowest BCUT2D eigenvalue weighted by Crippen LogP contribution is -2.15. The predicted octanol–water partition coefficient (Wildman–Crippen LogP) is 7.98. The van der Waals surface area contributed by atoms with E-state index in [-0.39, 0.29) is 5.41 Å². The zero-order valence-electron chi connectivity index (χ0n) is 18.7. The lowest BCUT2D eigenvalue weighted by atomic mass is 9.78. The van der Waals surface area contributed by atoms with Crippen LogP contribution in [0.4, 0.5) is 0 Å². The van der Waals surface area contributed by atoms with Gasteiger partial charge in [-0.15, -0.1) is 0 Å². The van der Waals surface area contributed by atoms with Gasteiger partial charge in [0.1, 0.15) is 0 Å². The quantitative estimate of drug-likeness (QED) is 0.416. The van der Waals surface area contributed by atoms with Crippen LogP contribution >= 0.6 is 0 Å². The van der Waals surface area contributed by atoms with Gasteiger partial charge in [-0.3, -0.25) is 0 Å². The maximum absolute atomic E-state index is 2.46. The summed E-state index contributed by atoms with van der Waals surface area (Å²) in [5.41, 5.74) is 12.6. The summed E-state index contributed by atoms with van der Waals surface area (Å²) < 4.78 is 0. The van der Waals surface area contributed by atoms with Gasteiger partial charge in [-0.2, -0.15) is 0 Å². The van der Waals surface area contributed by atoms with Gasteiger partial charge >= 0.3 is 0 Å². The molecule has 0 amide bonds. The minimum atomic E-state index is 0.0496. The van der Waals surface area contributed by atoms with Crippen molar-refractivity contribution in [3.8, 4) is 11.1 Å². The molecule has 3 aromatic carbocycles. The van der Waals surface area contributed by atoms with Gasteiger partial charge in [0.25, 0.3) is 0 Å². The Bertz CT molecular complexity index is 1200. The Morgan fingerprint density at radius 2 is 1.57 bits per heavy atom. The Hall–Kier alpha value is -2.86. The van der Waals surface area contributed by atoms with Crippen molar-refractivity contribution in [2.45, 2.75) is 46.0 Å². The molecule has 0 bridgehead atoms. The summed E-state index contributed by atoms with van der Waals surface area (Å²) in [6.07, 6.45) is 7.20. The third-order valence-electron chi connectivity index (χ3n) is 7.19. The Labute approximate surface area is 181 Å². The third-order valence-corrected chi connectivity index (χ3v) is 7.19. The minimum Gasteiger partial charge on any atom is -0.0758 e. The van der Waals surface area contributed by atoms with E-state index in [2.05, 4.69) is 114 Å². The molecule has 0 saturated carbocycles. The average Bonchev–Trinajstić information content (AvgIpc) is 2.96. The standard InChI is InChI=1S/C30H30/c1-19-10-13-24(20(2)16-19)25-14-11-22(17-21(25)3)23-12-15-27-26-8-6-7-9-28(26)30(4,5)29(27)18-23/h6-18,21,25H,1-5H3. The van der Waals surface area contributed by atoms with Gasteiger partial charge in [-0.1, -0.05) is 99.2 Å². The molecule has 0 saturated heterocycles. The van der Waals surface area contributed by atoms with Crippen molar-refractivity contribution >= 4 is 5.57 Å². The molecule has 2 aliphatic carbocycles. The molecule has 5 rings (SSSR count). The van der Waals surface area contributed by atoms with Gasteiger partial charge in [0, 0.05) is 11.3 Å². The first kappa shape index (κ1) is 19.1. The normalized spacial score (nSPS) is 21.2. The number of hydrogen-bond donors (Lipinski definition) is 0. The van der Waals surface area contributed by atoms with E-state index in [1.54, 1.807) is 0 Å². The lowest BCUT2D eigenvalue weighted by Gasteiger charge is -2.26. The van der Waals surface area contributed by atoms with Crippen LogP contribution in [0.5, 0.6) is 0 Å². The molecule has 0 N–H and O–H groups in total. The second-order valence-electron chi connectivity index (χ2n) is 9.66. The van der Waals surface area contributed by atoms with Gasteiger partial charge in [0.05, 0.1) is 0 Å². The summed E-state index contributed by atoms with van der Waals surface area (Å²) in [5, 5.41) is 0. The number of benzene rings is 3. The summed E-state index contributed by atoms with van der Waals surface area (Å²) in [7, 11) is 0. The highest BCUT2D eigenvalue weighted by Gasteiger charge is 2.35. The van der Waals surface area contributed by atoms with Gasteiger partial charge in [-0.05, 0) is 70.3 Å². The second-order valence-corrected chi connectivity index (χ2v) is 9.66. The van der Waals surface area contributed by atoms with E-state index in [0.29, 0.717) is 11.8 Å². The average molecular weight is 391 g/mol. The van der Waals surface area contributed by atoms with Crippen LogP contribution in [0, 0.1) is 19.8 Å². The van der Waals surface area contributed by atoms with Crippen molar-refractivity contribution < 1.29 is 0 Å². The molecule has 0 radical (unpaired) electrons. The maximum Gasteiger partial charge on any atom is 0.0159 e. The van der Waals surface area contributed by atoms with Crippen molar-refractivity contribution in [1.29, 1.82) is 0 Å². The number of allylic oxidation sites excluding steroid dienone is 4. The number of aryl methyl sites for hydroxylation is 2. The van der Waals surface area contributed by atoms with Gasteiger partial charge in [0.2, 0.25) is 0 Å². The van der Waals surface area contributed by atoms with Gasteiger partial charge in [0.15, 0.2) is 0 Å². The molecule has 0 fully saturated rings. The molecule has 0 nitrogen and oxygen atoms in total. The Morgan fingerprint density at radius 3 is 2.33 bits per heavy atom. The molecule has 0 heterocycles. The van der Waals surface area contributed by atoms with Crippen LogP contribution < -0.4 is 0 Å². The minimum absolute atomic E-state index is 0.0496. The molecule has 2 aliphatic rings. The topological polar surface area (TPSA) is 0 Å². The van der Waals surface area contributed by atoms with E-state index in [4.69, 9.17) is 0 Å².